The van der Waals surface area contributed by atoms with Crippen molar-refractivity contribution in [3.05, 3.63) is 58.1 Å². The highest BCUT2D eigenvalue weighted by atomic mass is 35.5. The van der Waals surface area contributed by atoms with Crippen molar-refractivity contribution in [1.29, 1.82) is 0 Å². The van der Waals surface area contributed by atoms with Gasteiger partial charge in [-0.2, -0.15) is 13.2 Å². The van der Waals surface area contributed by atoms with Crippen LogP contribution in [0.4, 0.5) is 13.2 Å². The van der Waals surface area contributed by atoms with Crippen LogP contribution in [0.1, 0.15) is 18.1 Å². The van der Waals surface area contributed by atoms with E-state index in [1.807, 2.05) is 19.1 Å². The van der Waals surface area contributed by atoms with E-state index >= 15 is 0 Å². The lowest BCUT2D eigenvalue weighted by Gasteiger charge is -2.28. The van der Waals surface area contributed by atoms with Crippen LogP contribution < -0.4 is 9.47 Å². The van der Waals surface area contributed by atoms with E-state index in [1.165, 1.54) is 12.1 Å². The Labute approximate surface area is 164 Å². The van der Waals surface area contributed by atoms with Crippen LogP contribution in [-0.2, 0) is 16.0 Å². The number of esters is 1. The van der Waals surface area contributed by atoms with E-state index in [2.05, 4.69) is 4.74 Å². The molecule has 1 atom stereocenters. The fraction of sp³-hybridized carbons (Fsp3) is 0.250. The molecule has 2 aromatic rings. The van der Waals surface area contributed by atoms with Crippen molar-refractivity contribution < 1.29 is 32.2 Å². The van der Waals surface area contributed by atoms with Crippen molar-refractivity contribution in [2.45, 2.75) is 25.6 Å². The molecule has 0 fully saturated rings. The predicted octanol–water partition coefficient (Wildman–Crippen LogP) is 5.57. The number of halogens is 4. The van der Waals surface area contributed by atoms with E-state index in [4.69, 9.17) is 21.1 Å². The van der Waals surface area contributed by atoms with Gasteiger partial charge >= 0.3 is 12.1 Å². The van der Waals surface area contributed by atoms with Crippen molar-refractivity contribution in [2.24, 2.45) is 0 Å². The largest absolute Gasteiger partial charge is 0.475 e. The van der Waals surface area contributed by atoms with Crippen LogP contribution >= 0.6 is 11.6 Å². The Kier molecular flexibility index (Phi) is 5.56. The number of fused-ring (bicyclic) bond motifs is 1. The fourth-order valence-corrected chi connectivity index (χ4v) is 2.93. The van der Waals surface area contributed by atoms with E-state index in [0.717, 1.165) is 25.2 Å². The summed E-state index contributed by atoms with van der Waals surface area (Å²) >= 11 is 6.21. The third kappa shape index (κ3) is 4.09. The van der Waals surface area contributed by atoms with Gasteiger partial charge in [0.2, 0.25) is 6.10 Å². The molecule has 4 nitrogen and oxygen atoms in total. The highest BCUT2D eigenvalue weighted by molar-refractivity contribution is 6.32. The molecule has 1 heterocycles. The molecule has 1 aliphatic rings. The van der Waals surface area contributed by atoms with Gasteiger partial charge in [-0.15, -0.1) is 0 Å². The van der Waals surface area contributed by atoms with E-state index in [-0.39, 0.29) is 22.1 Å². The predicted molar refractivity (Wildman–Crippen MR) is 97.8 cm³/mol. The van der Waals surface area contributed by atoms with Crippen LogP contribution in [0.25, 0.3) is 6.08 Å². The van der Waals surface area contributed by atoms with Crippen LogP contribution in [0.2, 0.25) is 5.02 Å². The number of ether oxygens (including phenoxy) is 3. The molecule has 1 aliphatic heterocycles. The molecule has 0 aromatic heterocycles. The van der Waals surface area contributed by atoms with Crippen LogP contribution in [0.3, 0.4) is 0 Å². The van der Waals surface area contributed by atoms with Gasteiger partial charge in [-0.25, -0.2) is 4.79 Å². The first-order valence-corrected chi connectivity index (χ1v) is 8.74. The SMILES string of the molecule is CCc1ccc(Oc2cc3c(cc2Cl)C=C(C(=O)OC)C(C(F)(F)F)O3)cc1. The van der Waals surface area contributed by atoms with Crippen molar-refractivity contribution >= 4 is 23.6 Å². The second-order valence-electron chi connectivity index (χ2n) is 6.05. The maximum atomic E-state index is 13.3. The molecule has 28 heavy (non-hydrogen) atoms. The zero-order valence-electron chi connectivity index (χ0n) is 15.0. The van der Waals surface area contributed by atoms with E-state index < -0.39 is 23.8 Å². The third-order valence-corrected chi connectivity index (χ3v) is 4.48. The van der Waals surface area contributed by atoms with Gasteiger partial charge in [-0.1, -0.05) is 30.7 Å². The zero-order valence-corrected chi connectivity index (χ0v) is 15.7. The number of hydrogen-bond acceptors (Lipinski definition) is 4. The maximum absolute atomic E-state index is 13.3. The van der Waals surface area contributed by atoms with Crippen molar-refractivity contribution in [3.63, 3.8) is 0 Å². The summed E-state index contributed by atoms with van der Waals surface area (Å²) in [6.45, 7) is 2.01. The maximum Gasteiger partial charge on any atom is 0.430 e. The van der Waals surface area contributed by atoms with Crippen molar-refractivity contribution in [1.82, 2.24) is 0 Å². The molecule has 2 aromatic carbocycles. The smallest absolute Gasteiger partial charge is 0.430 e. The number of carbonyl (C=O) groups is 1. The summed E-state index contributed by atoms with van der Waals surface area (Å²) in [5.41, 5.74) is 0.683. The Morgan fingerprint density at radius 1 is 1.21 bits per heavy atom. The number of carbonyl (C=O) groups excluding carboxylic acids is 1. The summed E-state index contributed by atoms with van der Waals surface area (Å²) in [5.74, 6) is -0.603. The fourth-order valence-electron chi connectivity index (χ4n) is 2.72. The lowest BCUT2D eigenvalue weighted by atomic mass is 10.0. The number of methoxy groups -OCH3 is 1. The zero-order chi connectivity index (χ0) is 20.5. The first-order valence-electron chi connectivity index (χ1n) is 8.36. The first kappa shape index (κ1) is 20.1. The molecule has 1 unspecified atom stereocenters. The number of hydrogen-bond donors (Lipinski definition) is 0. The van der Waals surface area contributed by atoms with Gasteiger partial charge in [0, 0.05) is 11.6 Å². The molecule has 0 spiro atoms. The minimum Gasteiger partial charge on any atom is -0.475 e. The Hall–Kier alpha value is -2.67. The van der Waals surface area contributed by atoms with Crippen molar-refractivity contribution in [3.8, 4) is 17.2 Å². The van der Waals surface area contributed by atoms with Gasteiger partial charge in [0.1, 0.15) is 17.2 Å². The highest BCUT2D eigenvalue weighted by Crippen LogP contribution is 2.42. The minimum absolute atomic E-state index is 0.0976. The second kappa shape index (κ2) is 7.75. The highest BCUT2D eigenvalue weighted by Gasteiger charge is 2.48. The average molecular weight is 413 g/mol. The van der Waals surface area contributed by atoms with Gasteiger partial charge in [0.05, 0.1) is 17.7 Å². The van der Waals surface area contributed by atoms with Gasteiger partial charge < -0.3 is 14.2 Å². The number of alkyl halides is 3. The first-order chi connectivity index (χ1) is 13.2. The average Bonchev–Trinajstić information content (AvgIpc) is 2.67. The molecule has 0 saturated carbocycles. The van der Waals surface area contributed by atoms with Gasteiger partial charge in [-0.3, -0.25) is 0 Å². The number of rotatable bonds is 4. The monoisotopic (exact) mass is 412 g/mol. The molecule has 3 rings (SSSR count). The molecule has 0 aliphatic carbocycles. The molecule has 0 saturated heterocycles. The summed E-state index contributed by atoms with van der Waals surface area (Å²) in [6, 6.07) is 9.88. The van der Waals surface area contributed by atoms with Crippen LogP contribution in [0.5, 0.6) is 17.2 Å². The summed E-state index contributed by atoms with van der Waals surface area (Å²) in [5, 5.41) is 0.160. The standard InChI is InChI=1S/C20H16ClF3O4/c1-3-11-4-6-13(7-5-11)27-17-10-16-12(9-15(17)21)8-14(19(25)26-2)18(28-16)20(22,23)24/h4-10,18H,3H2,1-2H3. The molecular weight excluding hydrogens is 397 g/mol. The van der Waals surface area contributed by atoms with Gasteiger partial charge in [0.15, 0.2) is 0 Å². The Morgan fingerprint density at radius 2 is 1.89 bits per heavy atom. The normalized spacial score (nSPS) is 15.9. The van der Waals surface area contributed by atoms with Gasteiger partial charge in [-0.05, 0) is 36.3 Å². The molecule has 0 radical (unpaired) electrons. The Morgan fingerprint density at radius 3 is 2.46 bits per heavy atom. The molecular formula is C20H16ClF3O4. The topological polar surface area (TPSA) is 44.8 Å². The van der Waals surface area contributed by atoms with E-state index in [0.29, 0.717) is 5.75 Å². The Balaban J connectivity index is 1.97. The van der Waals surface area contributed by atoms with E-state index in [9.17, 15) is 18.0 Å². The minimum atomic E-state index is -4.80. The summed E-state index contributed by atoms with van der Waals surface area (Å²) < 4.78 is 55.2. The number of benzene rings is 2. The van der Waals surface area contributed by atoms with Crippen LogP contribution in [-0.4, -0.2) is 25.4 Å². The lowest BCUT2D eigenvalue weighted by Crippen LogP contribution is -2.40. The Bertz CT molecular complexity index is 920. The van der Waals surface area contributed by atoms with Gasteiger partial charge in [0.25, 0.3) is 0 Å². The van der Waals surface area contributed by atoms with Crippen LogP contribution in [0, 0.1) is 0 Å². The van der Waals surface area contributed by atoms with E-state index in [1.54, 1.807) is 12.1 Å². The molecule has 0 amide bonds. The molecule has 0 N–H and O–H groups in total. The second-order valence-corrected chi connectivity index (χ2v) is 6.46. The molecule has 8 heteroatoms. The van der Waals surface area contributed by atoms with Crippen molar-refractivity contribution in [2.75, 3.05) is 7.11 Å². The van der Waals surface area contributed by atoms with Crippen LogP contribution in [0.15, 0.2) is 42.0 Å². The quantitative estimate of drug-likeness (QED) is 0.615. The summed E-state index contributed by atoms with van der Waals surface area (Å²) in [7, 11) is 1.000. The molecule has 148 valence electrons. The summed E-state index contributed by atoms with van der Waals surface area (Å²) in [4.78, 5) is 11.8. The lowest BCUT2D eigenvalue weighted by molar-refractivity contribution is -0.187. The third-order valence-electron chi connectivity index (χ3n) is 4.18. The number of aryl methyl sites for hydroxylation is 1. The molecule has 0 bridgehead atoms. The summed E-state index contributed by atoms with van der Waals surface area (Å²) in [6.07, 6.45) is -5.31.